The third-order valence-corrected chi connectivity index (χ3v) is 6.40. The molecule has 3 rings (SSSR count). The first-order valence-electron chi connectivity index (χ1n) is 9.13. The van der Waals surface area contributed by atoms with Crippen LogP contribution in [0.15, 0.2) is 82.2 Å². The number of rotatable bonds is 7. The highest BCUT2D eigenvalue weighted by atomic mass is 79.9. The van der Waals surface area contributed by atoms with Gasteiger partial charge < -0.3 is 5.32 Å². The smallest absolute Gasteiger partial charge is 0.242 e. The summed E-state index contributed by atoms with van der Waals surface area (Å²) >= 11 is 3.16. The maximum absolute atomic E-state index is 14.2. The lowest BCUT2D eigenvalue weighted by Crippen LogP contribution is -2.45. The zero-order chi connectivity index (χ0) is 21.7. The minimum absolute atomic E-state index is 0.0317. The van der Waals surface area contributed by atoms with Crippen LogP contribution in [0.4, 0.5) is 10.1 Å². The van der Waals surface area contributed by atoms with Gasteiger partial charge in [-0.1, -0.05) is 64.0 Å². The highest BCUT2D eigenvalue weighted by Gasteiger charge is 2.26. The van der Waals surface area contributed by atoms with Gasteiger partial charge in [0.05, 0.1) is 10.6 Å². The molecule has 0 aliphatic heterocycles. The van der Waals surface area contributed by atoms with Crippen LogP contribution < -0.4 is 10.0 Å². The zero-order valence-electron chi connectivity index (χ0n) is 16.1. The van der Waals surface area contributed by atoms with Gasteiger partial charge in [-0.25, -0.2) is 12.8 Å². The molecule has 0 fully saturated rings. The van der Waals surface area contributed by atoms with E-state index in [0.717, 1.165) is 11.1 Å². The zero-order valence-corrected chi connectivity index (χ0v) is 18.5. The van der Waals surface area contributed by atoms with Crippen molar-refractivity contribution in [1.29, 1.82) is 0 Å². The van der Waals surface area contributed by atoms with Crippen molar-refractivity contribution in [3.8, 4) is 0 Å². The Morgan fingerprint density at radius 1 is 1.03 bits per heavy atom. The number of aryl methyl sites for hydroxylation is 1. The molecule has 0 radical (unpaired) electrons. The minimum Gasteiger partial charge on any atom is -0.322 e. The summed E-state index contributed by atoms with van der Waals surface area (Å²) in [5.74, 6) is -1.28. The molecule has 0 unspecified atom stereocenters. The van der Waals surface area contributed by atoms with Crippen molar-refractivity contribution in [1.82, 2.24) is 4.72 Å². The third kappa shape index (κ3) is 5.75. The third-order valence-electron chi connectivity index (χ3n) is 4.42. The van der Waals surface area contributed by atoms with E-state index in [1.165, 1.54) is 24.3 Å². The topological polar surface area (TPSA) is 75.3 Å². The molecule has 1 atom stereocenters. The van der Waals surface area contributed by atoms with Crippen molar-refractivity contribution in [3.05, 3.63) is 94.2 Å². The second-order valence-corrected chi connectivity index (χ2v) is 9.42. The second-order valence-electron chi connectivity index (χ2n) is 6.79. The van der Waals surface area contributed by atoms with Gasteiger partial charge in [-0.05, 0) is 49.2 Å². The van der Waals surface area contributed by atoms with Gasteiger partial charge in [0, 0.05) is 4.47 Å². The van der Waals surface area contributed by atoms with Gasteiger partial charge >= 0.3 is 0 Å². The van der Waals surface area contributed by atoms with Crippen molar-refractivity contribution < 1.29 is 17.6 Å². The van der Waals surface area contributed by atoms with Crippen molar-refractivity contribution in [2.24, 2.45) is 0 Å². The maximum atomic E-state index is 14.2. The van der Waals surface area contributed by atoms with E-state index in [2.05, 4.69) is 26.0 Å². The molecule has 0 heterocycles. The monoisotopic (exact) mass is 490 g/mol. The number of hydrogen-bond donors (Lipinski definition) is 2. The summed E-state index contributed by atoms with van der Waals surface area (Å²) in [5, 5.41) is 2.48. The number of amides is 1. The fraction of sp³-hybridized carbons (Fsp3) is 0.136. The lowest BCUT2D eigenvalue weighted by molar-refractivity contribution is -0.117. The Morgan fingerprint density at radius 2 is 1.70 bits per heavy atom. The molecule has 0 spiro atoms. The van der Waals surface area contributed by atoms with Crippen LogP contribution in [-0.4, -0.2) is 20.4 Å². The van der Waals surface area contributed by atoms with Crippen LogP contribution in [0.5, 0.6) is 0 Å². The first kappa shape index (κ1) is 22.1. The second kappa shape index (κ2) is 9.51. The molecule has 30 heavy (non-hydrogen) atoms. The number of benzene rings is 3. The largest absolute Gasteiger partial charge is 0.322 e. The highest BCUT2D eigenvalue weighted by molar-refractivity contribution is 9.10. The molecule has 3 aromatic carbocycles. The number of nitrogens with one attached hydrogen (secondary N) is 2. The minimum atomic E-state index is -3.96. The van der Waals surface area contributed by atoms with Gasteiger partial charge in [0.15, 0.2) is 0 Å². The molecule has 3 aromatic rings. The number of carbonyl (C=O) groups is 1. The molecule has 2 N–H and O–H groups in total. The molecule has 156 valence electrons. The number of carbonyl (C=O) groups excluding carboxylic acids is 1. The van der Waals surface area contributed by atoms with E-state index < -0.39 is 27.8 Å². The molecule has 0 bridgehead atoms. The molecule has 1 amide bonds. The predicted molar refractivity (Wildman–Crippen MR) is 118 cm³/mol. The normalized spacial score (nSPS) is 12.4. The number of sulfonamides is 1. The van der Waals surface area contributed by atoms with Crippen molar-refractivity contribution in [2.75, 3.05) is 5.32 Å². The van der Waals surface area contributed by atoms with Crippen LogP contribution >= 0.6 is 15.9 Å². The van der Waals surface area contributed by atoms with E-state index in [0.29, 0.717) is 4.47 Å². The average molecular weight is 491 g/mol. The number of anilines is 1. The van der Waals surface area contributed by atoms with Crippen LogP contribution in [0, 0.1) is 12.7 Å². The summed E-state index contributed by atoms with van der Waals surface area (Å²) in [6, 6.07) is 18.4. The molecule has 5 nitrogen and oxygen atoms in total. The predicted octanol–water partition coefficient (Wildman–Crippen LogP) is 4.42. The van der Waals surface area contributed by atoms with E-state index >= 15 is 0 Å². The molecule has 0 saturated heterocycles. The molecular formula is C22H20BrFN2O3S. The molecule has 0 aliphatic carbocycles. The van der Waals surface area contributed by atoms with Crippen LogP contribution in [0.3, 0.4) is 0 Å². The van der Waals surface area contributed by atoms with Gasteiger partial charge in [-0.15, -0.1) is 0 Å². The summed E-state index contributed by atoms with van der Waals surface area (Å²) < 4.78 is 42.8. The van der Waals surface area contributed by atoms with E-state index in [1.54, 1.807) is 42.5 Å². The highest BCUT2D eigenvalue weighted by Crippen LogP contribution is 2.20. The van der Waals surface area contributed by atoms with Crippen LogP contribution in [0.1, 0.15) is 11.1 Å². The standard InChI is InChI=1S/C22H20BrFN2O3S/c1-15-7-10-18(11-8-15)30(28,29)26-21(13-16-5-3-2-4-6-16)22(27)25-20-12-9-17(23)14-19(20)24/h2-12,14,21,26H,13H2,1H3,(H,25,27)/t21-/m0/s1. The summed E-state index contributed by atoms with van der Waals surface area (Å²) in [6.07, 6.45) is 0.107. The first-order valence-corrected chi connectivity index (χ1v) is 11.4. The summed E-state index contributed by atoms with van der Waals surface area (Å²) in [7, 11) is -3.96. The first-order chi connectivity index (χ1) is 14.2. The lowest BCUT2D eigenvalue weighted by atomic mass is 10.1. The Hall–Kier alpha value is -2.55. The molecule has 0 aromatic heterocycles. The van der Waals surface area contributed by atoms with Crippen molar-refractivity contribution >= 4 is 37.5 Å². The lowest BCUT2D eigenvalue weighted by Gasteiger charge is -2.19. The van der Waals surface area contributed by atoms with Crippen molar-refractivity contribution in [2.45, 2.75) is 24.3 Å². The summed E-state index contributed by atoms with van der Waals surface area (Å²) in [5.41, 5.74) is 1.65. The molecule has 8 heteroatoms. The van der Waals surface area contributed by atoms with Gasteiger partial charge in [0.1, 0.15) is 11.9 Å². The van der Waals surface area contributed by atoms with Crippen molar-refractivity contribution in [3.63, 3.8) is 0 Å². The molecule has 0 aliphatic rings. The summed E-state index contributed by atoms with van der Waals surface area (Å²) in [6.45, 7) is 1.85. The van der Waals surface area contributed by atoms with Gasteiger partial charge in [-0.3, -0.25) is 4.79 Å². The fourth-order valence-corrected chi connectivity index (χ4v) is 4.35. The average Bonchev–Trinajstić information content (AvgIpc) is 2.70. The van der Waals surface area contributed by atoms with Crippen LogP contribution in [0.25, 0.3) is 0 Å². The Kier molecular flexibility index (Phi) is 7.02. The SMILES string of the molecule is Cc1ccc(S(=O)(=O)N[C@@H](Cc2ccccc2)C(=O)Nc2ccc(Br)cc2F)cc1. The number of hydrogen-bond acceptors (Lipinski definition) is 3. The Balaban J connectivity index is 1.87. The molecule has 0 saturated carbocycles. The fourth-order valence-electron chi connectivity index (χ4n) is 2.82. The van der Waals surface area contributed by atoms with Gasteiger partial charge in [0.2, 0.25) is 15.9 Å². The summed E-state index contributed by atoms with van der Waals surface area (Å²) in [4.78, 5) is 13.0. The van der Waals surface area contributed by atoms with E-state index in [4.69, 9.17) is 0 Å². The Bertz CT molecular complexity index is 1140. The van der Waals surface area contributed by atoms with E-state index in [1.807, 2.05) is 13.0 Å². The maximum Gasteiger partial charge on any atom is 0.242 e. The quantitative estimate of drug-likeness (QED) is 0.514. The number of halogens is 2. The van der Waals surface area contributed by atoms with Gasteiger partial charge in [-0.2, -0.15) is 4.72 Å². The van der Waals surface area contributed by atoms with Crippen LogP contribution in [-0.2, 0) is 21.2 Å². The van der Waals surface area contributed by atoms with Crippen LogP contribution in [0.2, 0.25) is 0 Å². The van der Waals surface area contributed by atoms with Gasteiger partial charge in [0.25, 0.3) is 0 Å². The van der Waals surface area contributed by atoms with E-state index in [9.17, 15) is 17.6 Å². The Morgan fingerprint density at radius 3 is 2.33 bits per heavy atom. The molecular weight excluding hydrogens is 471 g/mol. The van der Waals surface area contributed by atoms with E-state index in [-0.39, 0.29) is 17.0 Å². The Labute approximate surface area is 183 Å².